The van der Waals surface area contributed by atoms with E-state index in [1.807, 2.05) is 6.07 Å². The number of methoxy groups -OCH3 is 2. The van der Waals surface area contributed by atoms with Crippen molar-refractivity contribution in [3.8, 4) is 22.8 Å². The van der Waals surface area contributed by atoms with Crippen LogP contribution in [0.4, 0.5) is 5.13 Å². The minimum Gasteiger partial charge on any atom is -0.493 e. The van der Waals surface area contributed by atoms with Crippen molar-refractivity contribution in [1.29, 1.82) is 0 Å². The van der Waals surface area contributed by atoms with Gasteiger partial charge in [0, 0.05) is 16.5 Å². The quantitative estimate of drug-likeness (QED) is 0.584. The van der Waals surface area contributed by atoms with Crippen LogP contribution in [-0.4, -0.2) is 30.3 Å². The molecule has 0 saturated heterocycles. The number of ether oxygens (including phenoxy) is 2. The van der Waals surface area contributed by atoms with Crippen LogP contribution < -0.4 is 14.8 Å². The molecule has 1 aliphatic rings. The fraction of sp³-hybridized carbons (Fsp3) is 0.435. The van der Waals surface area contributed by atoms with Gasteiger partial charge < -0.3 is 14.0 Å². The smallest absolute Gasteiger partial charge is 0.279 e. The first kappa shape index (κ1) is 21.4. The lowest BCUT2D eigenvalue weighted by atomic mass is 9.73. The summed E-state index contributed by atoms with van der Waals surface area (Å²) in [6, 6.07) is 6.99. The molecular weight excluding hydrogens is 414 g/mol. The summed E-state index contributed by atoms with van der Waals surface area (Å²) in [6.07, 6.45) is 3.10. The third kappa shape index (κ3) is 4.44. The molecule has 0 unspecified atom stereocenters. The number of carbonyl (C=O) groups excluding carboxylic acids is 1. The third-order valence-corrected chi connectivity index (χ3v) is 6.83. The van der Waals surface area contributed by atoms with Gasteiger partial charge in [-0.1, -0.05) is 25.9 Å². The fourth-order valence-electron chi connectivity index (χ4n) is 3.84. The van der Waals surface area contributed by atoms with Gasteiger partial charge in [0.2, 0.25) is 0 Å². The number of anilines is 1. The number of benzene rings is 1. The minimum atomic E-state index is -0.339. The number of amides is 1. The lowest BCUT2D eigenvalue weighted by Crippen LogP contribution is -2.26. The Hall–Kier alpha value is -2.87. The third-order valence-electron chi connectivity index (χ3n) is 5.80. The molecule has 0 aliphatic heterocycles. The highest BCUT2D eigenvalue weighted by Gasteiger charge is 2.31. The zero-order valence-corrected chi connectivity index (χ0v) is 19.3. The lowest BCUT2D eigenvalue weighted by molar-refractivity contribution is 0.101. The average Bonchev–Trinajstić information content (AvgIpc) is 3.38. The van der Waals surface area contributed by atoms with Crippen molar-refractivity contribution >= 4 is 22.4 Å². The van der Waals surface area contributed by atoms with Gasteiger partial charge in [0.05, 0.1) is 19.9 Å². The molecule has 0 bridgehead atoms. The van der Waals surface area contributed by atoms with E-state index in [1.54, 1.807) is 43.8 Å². The molecule has 1 N–H and O–H groups in total. The molecule has 31 heavy (non-hydrogen) atoms. The molecule has 4 rings (SSSR count). The fourth-order valence-corrected chi connectivity index (χ4v) is 4.92. The van der Waals surface area contributed by atoms with Gasteiger partial charge in [0.1, 0.15) is 0 Å². The molecule has 7 nitrogen and oxygen atoms in total. The van der Waals surface area contributed by atoms with Gasteiger partial charge in [-0.25, -0.2) is 4.98 Å². The van der Waals surface area contributed by atoms with E-state index in [0.717, 1.165) is 30.5 Å². The first-order valence-corrected chi connectivity index (χ1v) is 11.1. The topological polar surface area (TPSA) is 86.5 Å². The van der Waals surface area contributed by atoms with Crippen LogP contribution in [0.2, 0.25) is 0 Å². The van der Waals surface area contributed by atoms with Crippen LogP contribution in [0.5, 0.6) is 11.5 Å². The van der Waals surface area contributed by atoms with E-state index >= 15 is 0 Å². The van der Waals surface area contributed by atoms with E-state index in [4.69, 9.17) is 14.0 Å². The standard InChI is InChI=1S/C23H27N3O4S/c1-23(2,3)14-7-8-15-20(11-14)31-22(24-15)25-21(27)16-12-18(30-26-16)13-6-9-17(28-4)19(10-13)29-5/h6,9-10,12,14H,7-8,11H2,1-5H3,(H,24,25,27)/t14-/m0/s1. The molecule has 0 fully saturated rings. The Morgan fingerprint density at radius 3 is 2.68 bits per heavy atom. The zero-order chi connectivity index (χ0) is 22.2. The zero-order valence-electron chi connectivity index (χ0n) is 18.4. The predicted molar refractivity (Wildman–Crippen MR) is 120 cm³/mol. The molecule has 1 atom stereocenters. The summed E-state index contributed by atoms with van der Waals surface area (Å²) in [5.74, 6) is 1.95. The second kappa shape index (κ2) is 8.34. The van der Waals surface area contributed by atoms with E-state index in [9.17, 15) is 4.79 Å². The van der Waals surface area contributed by atoms with Crippen LogP contribution in [0, 0.1) is 11.3 Å². The first-order chi connectivity index (χ1) is 14.8. The number of rotatable bonds is 5. The summed E-state index contributed by atoms with van der Waals surface area (Å²) in [7, 11) is 3.15. The molecule has 3 aromatic rings. The van der Waals surface area contributed by atoms with Crippen molar-refractivity contribution in [2.75, 3.05) is 19.5 Å². The summed E-state index contributed by atoms with van der Waals surface area (Å²) in [5, 5.41) is 7.42. The number of aryl methyl sites for hydroxylation is 1. The molecule has 1 amide bonds. The minimum absolute atomic E-state index is 0.200. The van der Waals surface area contributed by atoms with Crippen molar-refractivity contribution in [1.82, 2.24) is 10.1 Å². The summed E-state index contributed by atoms with van der Waals surface area (Å²) in [5.41, 5.74) is 2.31. The molecule has 2 aromatic heterocycles. The summed E-state index contributed by atoms with van der Waals surface area (Å²) in [6.45, 7) is 6.85. The lowest BCUT2D eigenvalue weighted by Gasteiger charge is -2.33. The number of hydrogen-bond acceptors (Lipinski definition) is 7. The number of aromatic nitrogens is 2. The Morgan fingerprint density at radius 1 is 1.19 bits per heavy atom. The highest BCUT2D eigenvalue weighted by molar-refractivity contribution is 7.15. The number of carbonyl (C=O) groups is 1. The summed E-state index contributed by atoms with van der Waals surface area (Å²) >= 11 is 1.56. The van der Waals surface area contributed by atoms with E-state index in [-0.39, 0.29) is 17.0 Å². The summed E-state index contributed by atoms with van der Waals surface area (Å²) in [4.78, 5) is 18.6. The van der Waals surface area contributed by atoms with Gasteiger partial charge in [-0.3, -0.25) is 10.1 Å². The normalized spacial score (nSPS) is 16.0. The molecule has 164 valence electrons. The predicted octanol–water partition coefficient (Wildman–Crippen LogP) is 5.22. The Balaban J connectivity index is 1.48. The van der Waals surface area contributed by atoms with E-state index < -0.39 is 0 Å². The number of thiazole rings is 1. The van der Waals surface area contributed by atoms with E-state index in [0.29, 0.717) is 28.3 Å². The average molecular weight is 442 g/mol. The highest BCUT2D eigenvalue weighted by Crippen LogP contribution is 2.40. The van der Waals surface area contributed by atoms with E-state index in [1.165, 1.54) is 4.88 Å². The Kier molecular flexibility index (Phi) is 5.75. The van der Waals surface area contributed by atoms with Crippen molar-refractivity contribution < 1.29 is 18.8 Å². The van der Waals surface area contributed by atoms with Gasteiger partial charge in [0.25, 0.3) is 5.91 Å². The van der Waals surface area contributed by atoms with Crippen molar-refractivity contribution in [2.24, 2.45) is 11.3 Å². The van der Waals surface area contributed by atoms with Crippen molar-refractivity contribution in [3.63, 3.8) is 0 Å². The van der Waals surface area contributed by atoms with Crippen LogP contribution in [0.15, 0.2) is 28.8 Å². The molecule has 0 radical (unpaired) electrons. The molecule has 1 aromatic carbocycles. The molecule has 2 heterocycles. The van der Waals surface area contributed by atoms with Gasteiger partial charge >= 0.3 is 0 Å². The van der Waals surface area contributed by atoms with Gasteiger partial charge in [-0.05, 0) is 48.8 Å². The van der Waals surface area contributed by atoms with Gasteiger partial charge in [-0.2, -0.15) is 0 Å². The Morgan fingerprint density at radius 2 is 1.97 bits per heavy atom. The number of nitrogens with one attached hydrogen (secondary N) is 1. The summed E-state index contributed by atoms with van der Waals surface area (Å²) < 4.78 is 16.0. The van der Waals surface area contributed by atoms with Gasteiger partial charge in [-0.15, -0.1) is 11.3 Å². The van der Waals surface area contributed by atoms with Crippen LogP contribution in [0.25, 0.3) is 11.3 Å². The molecule has 1 aliphatic carbocycles. The van der Waals surface area contributed by atoms with E-state index in [2.05, 4.69) is 36.2 Å². The SMILES string of the molecule is COc1ccc(-c2cc(C(=O)Nc3nc4c(s3)C[C@@H](C(C)(C)C)CC4)no2)cc1OC. The number of hydrogen-bond donors (Lipinski definition) is 1. The van der Waals surface area contributed by atoms with Crippen LogP contribution >= 0.6 is 11.3 Å². The van der Waals surface area contributed by atoms with Crippen LogP contribution in [-0.2, 0) is 12.8 Å². The molecule has 0 saturated carbocycles. The second-order valence-electron chi connectivity index (χ2n) is 8.79. The highest BCUT2D eigenvalue weighted by atomic mass is 32.1. The molecule has 8 heteroatoms. The largest absolute Gasteiger partial charge is 0.493 e. The van der Waals surface area contributed by atoms with Crippen molar-refractivity contribution in [3.05, 3.63) is 40.5 Å². The Bertz CT molecular complexity index is 1100. The van der Waals surface area contributed by atoms with Crippen molar-refractivity contribution in [2.45, 2.75) is 40.0 Å². The Labute approximate surface area is 185 Å². The number of fused-ring (bicyclic) bond motifs is 1. The monoisotopic (exact) mass is 441 g/mol. The van der Waals surface area contributed by atoms with Crippen LogP contribution in [0.3, 0.4) is 0 Å². The molecule has 0 spiro atoms. The second-order valence-corrected chi connectivity index (χ2v) is 9.88. The first-order valence-electron chi connectivity index (χ1n) is 10.3. The maximum Gasteiger partial charge on any atom is 0.279 e. The number of nitrogens with zero attached hydrogens (tertiary/aromatic N) is 2. The van der Waals surface area contributed by atoms with Crippen LogP contribution in [0.1, 0.15) is 48.3 Å². The maximum atomic E-state index is 12.7. The molecular formula is C23H27N3O4S. The van der Waals surface area contributed by atoms with Gasteiger partial charge in [0.15, 0.2) is 28.1 Å². The maximum absolute atomic E-state index is 12.7.